The molecule has 1 N–H and O–H groups in total. The molecule has 0 bridgehead atoms. The molecule has 2 aromatic rings. The number of furan rings is 1. The molecule has 0 spiro atoms. The van der Waals surface area contributed by atoms with Crippen molar-refractivity contribution >= 4 is 22.1 Å². The fraction of sp³-hybridized carbons (Fsp3) is 0.154. The molecule has 22 heavy (non-hydrogen) atoms. The van der Waals surface area contributed by atoms with Crippen LogP contribution >= 0.6 is 0 Å². The van der Waals surface area contributed by atoms with Crippen LogP contribution in [0.5, 0.6) is 0 Å². The highest BCUT2D eigenvalue weighted by molar-refractivity contribution is 7.89. The summed E-state index contributed by atoms with van der Waals surface area (Å²) in [5, 5.41) is 14.0. The van der Waals surface area contributed by atoms with E-state index in [1.807, 2.05) is 11.8 Å². The minimum absolute atomic E-state index is 0.0643. The zero-order chi connectivity index (χ0) is 16.3. The molecule has 0 saturated carbocycles. The highest BCUT2D eigenvalue weighted by Gasteiger charge is 2.14. The van der Waals surface area contributed by atoms with Crippen LogP contribution in [-0.2, 0) is 10.0 Å². The highest BCUT2D eigenvalue weighted by atomic mass is 32.2. The van der Waals surface area contributed by atoms with E-state index in [1.54, 1.807) is 13.0 Å². The third-order valence-electron chi connectivity index (χ3n) is 2.95. The van der Waals surface area contributed by atoms with E-state index in [4.69, 9.17) is 4.42 Å². The average molecular weight is 323 g/mol. The molecule has 1 heterocycles. The van der Waals surface area contributed by atoms with Gasteiger partial charge in [0, 0.05) is 0 Å². The molecular weight excluding hydrogens is 310 g/mol. The largest absolute Gasteiger partial charge is 0.433 e. The fourth-order valence-corrected chi connectivity index (χ4v) is 2.48. The first kappa shape index (κ1) is 15.7. The summed E-state index contributed by atoms with van der Waals surface area (Å²) in [6, 6.07) is 7.16. The Morgan fingerprint density at radius 2 is 1.95 bits per heavy atom. The molecule has 0 unspecified atom stereocenters. The van der Waals surface area contributed by atoms with Crippen molar-refractivity contribution in [2.75, 3.05) is 0 Å². The molecule has 0 radical (unpaired) electrons. The van der Waals surface area contributed by atoms with Crippen molar-refractivity contribution in [1.29, 1.82) is 0 Å². The van der Waals surface area contributed by atoms with Crippen LogP contribution in [0.3, 0.4) is 0 Å². The van der Waals surface area contributed by atoms with Gasteiger partial charge in [0.15, 0.2) is 5.76 Å². The van der Waals surface area contributed by atoms with Crippen LogP contribution in [0.2, 0.25) is 0 Å². The smallest absolute Gasteiger partial charge is 0.400 e. The predicted molar refractivity (Wildman–Crippen MR) is 79.2 cm³/mol. The van der Waals surface area contributed by atoms with E-state index in [1.165, 1.54) is 18.2 Å². The van der Waals surface area contributed by atoms with Gasteiger partial charge in [-0.1, -0.05) is 6.07 Å². The van der Waals surface area contributed by atoms with Gasteiger partial charge in [0.1, 0.15) is 4.92 Å². The average Bonchev–Trinajstić information content (AvgIpc) is 2.90. The van der Waals surface area contributed by atoms with Gasteiger partial charge < -0.3 is 4.42 Å². The predicted octanol–water partition coefficient (Wildman–Crippen LogP) is 2.12. The van der Waals surface area contributed by atoms with Crippen LogP contribution in [-0.4, -0.2) is 19.6 Å². The van der Waals surface area contributed by atoms with Gasteiger partial charge in [-0.15, -0.1) is 0 Å². The molecule has 1 aromatic carbocycles. The Balaban J connectivity index is 2.13. The number of hydrazone groups is 1. The fourth-order valence-electron chi connectivity index (χ4n) is 1.60. The van der Waals surface area contributed by atoms with Gasteiger partial charge in [0.05, 0.1) is 17.2 Å². The number of aryl methyl sites for hydroxylation is 2. The maximum absolute atomic E-state index is 12.0. The van der Waals surface area contributed by atoms with E-state index >= 15 is 0 Å². The molecule has 9 heteroatoms. The lowest BCUT2D eigenvalue weighted by Crippen LogP contribution is -2.18. The number of nitrogens with one attached hydrogen (secondary N) is 1. The molecule has 0 atom stereocenters. The lowest BCUT2D eigenvalue weighted by Gasteiger charge is -2.05. The van der Waals surface area contributed by atoms with Crippen molar-refractivity contribution in [1.82, 2.24) is 4.83 Å². The molecule has 0 saturated heterocycles. The van der Waals surface area contributed by atoms with E-state index in [2.05, 4.69) is 5.10 Å². The van der Waals surface area contributed by atoms with Crippen LogP contribution in [0.25, 0.3) is 0 Å². The van der Waals surface area contributed by atoms with Gasteiger partial charge in [-0.05, 0) is 43.2 Å². The third kappa shape index (κ3) is 3.50. The van der Waals surface area contributed by atoms with Crippen LogP contribution in [0.4, 0.5) is 5.88 Å². The summed E-state index contributed by atoms with van der Waals surface area (Å²) in [6.07, 6.45) is 1.05. The Kier molecular flexibility index (Phi) is 4.27. The molecule has 8 nitrogen and oxygen atoms in total. The molecule has 0 aliphatic heterocycles. The minimum atomic E-state index is -3.80. The van der Waals surface area contributed by atoms with Gasteiger partial charge in [-0.3, -0.25) is 10.1 Å². The van der Waals surface area contributed by atoms with Gasteiger partial charge in [0.2, 0.25) is 0 Å². The summed E-state index contributed by atoms with van der Waals surface area (Å²) in [5.74, 6) is -0.382. The van der Waals surface area contributed by atoms with Gasteiger partial charge >= 0.3 is 5.88 Å². The van der Waals surface area contributed by atoms with Gasteiger partial charge in [0.25, 0.3) is 10.0 Å². The number of benzene rings is 1. The molecule has 1 aromatic heterocycles. The Labute approximate surface area is 126 Å². The number of hydrogen-bond donors (Lipinski definition) is 1. The monoisotopic (exact) mass is 323 g/mol. The van der Waals surface area contributed by atoms with E-state index in [9.17, 15) is 18.5 Å². The van der Waals surface area contributed by atoms with Crippen molar-refractivity contribution in [3.63, 3.8) is 0 Å². The van der Waals surface area contributed by atoms with Gasteiger partial charge in [-0.2, -0.15) is 18.4 Å². The van der Waals surface area contributed by atoms with Crippen molar-refractivity contribution in [3.8, 4) is 0 Å². The SMILES string of the molecule is Cc1ccc(S(=O)(=O)NN=Cc2ccc([N+](=O)[O-])o2)cc1C. The lowest BCUT2D eigenvalue weighted by atomic mass is 10.1. The van der Waals surface area contributed by atoms with Gasteiger partial charge in [-0.25, -0.2) is 0 Å². The van der Waals surface area contributed by atoms with Crippen LogP contribution in [0, 0.1) is 24.0 Å². The molecular formula is C13H13N3O5S. The van der Waals surface area contributed by atoms with E-state index in [0.717, 1.165) is 23.4 Å². The number of nitrogens with zero attached hydrogens (tertiary/aromatic N) is 2. The lowest BCUT2D eigenvalue weighted by molar-refractivity contribution is -0.402. The number of sulfonamides is 1. The second-order valence-electron chi connectivity index (χ2n) is 4.53. The normalized spacial score (nSPS) is 11.7. The summed E-state index contributed by atoms with van der Waals surface area (Å²) < 4.78 is 28.9. The van der Waals surface area contributed by atoms with Crippen LogP contribution < -0.4 is 4.83 Å². The van der Waals surface area contributed by atoms with E-state index in [-0.39, 0.29) is 10.7 Å². The number of nitro groups is 1. The summed E-state index contributed by atoms with van der Waals surface area (Å²) >= 11 is 0. The zero-order valence-corrected chi connectivity index (χ0v) is 12.6. The highest BCUT2D eigenvalue weighted by Crippen LogP contribution is 2.15. The second-order valence-corrected chi connectivity index (χ2v) is 6.19. The molecule has 0 aliphatic carbocycles. The standard InChI is InChI=1S/C13H13N3O5S/c1-9-3-5-12(7-10(9)2)22(19,20)15-14-8-11-4-6-13(21-11)16(17)18/h3-8,15H,1-2H3. The topological polar surface area (TPSA) is 115 Å². The second kappa shape index (κ2) is 5.98. The van der Waals surface area contributed by atoms with Crippen LogP contribution in [0.15, 0.2) is 44.7 Å². The molecule has 0 aliphatic rings. The van der Waals surface area contributed by atoms with Crippen molar-refractivity contribution < 1.29 is 17.8 Å². The number of hydrogen-bond acceptors (Lipinski definition) is 6. The summed E-state index contributed by atoms with van der Waals surface area (Å²) in [5.41, 5.74) is 1.82. The Hall–Kier alpha value is -2.68. The Morgan fingerprint density at radius 3 is 2.55 bits per heavy atom. The van der Waals surface area contributed by atoms with E-state index in [0.29, 0.717) is 0 Å². The zero-order valence-electron chi connectivity index (χ0n) is 11.8. The number of rotatable bonds is 5. The molecule has 116 valence electrons. The van der Waals surface area contributed by atoms with Crippen LogP contribution in [0.1, 0.15) is 16.9 Å². The maximum Gasteiger partial charge on any atom is 0.433 e. The third-order valence-corrected chi connectivity index (χ3v) is 4.17. The first-order chi connectivity index (χ1) is 10.3. The Morgan fingerprint density at radius 1 is 1.23 bits per heavy atom. The Bertz CT molecular complexity index is 839. The first-order valence-electron chi connectivity index (χ1n) is 6.16. The van der Waals surface area contributed by atoms with Crippen molar-refractivity contribution in [2.24, 2.45) is 5.10 Å². The molecule has 0 amide bonds. The minimum Gasteiger partial charge on any atom is -0.400 e. The van der Waals surface area contributed by atoms with Crippen molar-refractivity contribution in [2.45, 2.75) is 18.7 Å². The maximum atomic E-state index is 12.0. The summed E-state index contributed by atoms with van der Waals surface area (Å²) in [4.78, 5) is 11.9. The summed E-state index contributed by atoms with van der Waals surface area (Å²) in [7, 11) is -3.80. The summed E-state index contributed by atoms with van der Waals surface area (Å²) in [6.45, 7) is 3.68. The molecule has 0 fully saturated rings. The van der Waals surface area contributed by atoms with E-state index < -0.39 is 20.8 Å². The first-order valence-corrected chi connectivity index (χ1v) is 7.64. The quantitative estimate of drug-likeness (QED) is 0.514. The molecule has 2 rings (SSSR count). The van der Waals surface area contributed by atoms with Crippen molar-refractivity contribution in [3.05, 3.63) is 57.3 Å².